The van der Waals surface area contributed by atoms with Gasteiger partial charge in [-0.05, 0) is 49.3 Å². The number of hydrogen-bond acceptors (Lipinski definition) is 5. The summed E-state index contributed by atoms with van der Waals surface area (Å²) in [5.41, 5.74) is 3.21. The number of carbonyl (C=O) groups is 2. The maximum atomic E-state index is 13.2. The number of fused-ring (bicyclic) bond motifs is 1. The molecule has 0 bridgehead atoms. The van der Waals surface area contributed by atoms with Crippen molar-refractivity contribution < 1.29 is 14.7 Å². The lowest BCUT2D eigenvalue weighted by molar-refractivity contribution is -0.144. The minimum absolute atomic E-state index is 0.127. The SMILES string of the molecule is O=C(O)C(c1ccccc1)N1CCC(C(=O)N2CCC(c3ccc4c(n3)NCCC4)CC2)C1. The molecule has 2 aromatic rings. The number of amides is 1. The van der Waals surface area contributed by atoms with E-state index in [9.17, 15) is 14.7 Å². The van der Waals surface area contributed by atoms with E-state index in [0.717, 1.165) is 62.4 Å². The summed E-state index contributed by atoms with van der Waals surface area (Å²) >= 11 is 0. The number of carboxylic acid groups (broad SMARTS) is 1. The van der Waals surface area contributed by atoms with Crippen LogP contribution in [0, 0.1) is 5.92 Å². The fourth-order valence-electron chi connectivity index (χ4n) is 5.59. The number of rotatable bonds is 5. The Hall–Kier alpha value is -2.93. The van der Waals surface area contributed by atoms with Gasteiger partial charge < -0.3 is 15.3 Å². The number of carbonyl (C=O) groups excluding carboxylic acids is 1. The fourth-order valence-corrected chi connectivity index (χ4v) is 5.59. The summed E-state index contributed by atoms with van der Waals surface area (Å²) in [6.07, 6.45) is 4.82. The van der Waals surface area contributed by atoms with Gasteiger partial charge in [-0.25, -0.2) is 4.98 Å². The van der Waals surface area contributed by atoms with Crippen LogP contribution in [0.1, 0.15) is 54.5 Å². The largest absolute Gasteiger partial charge is 0.480 e. The van der Waals surface area contributed by atoms with Crippen molar-refractivity contribution in [2.24, 2.45) is 5.92 Å². The molecule has 7 nitrogen and oxygen atoms in total. The summed E-state index contributed by atoms with van der Waals surface area (Å²) in [5.74, 6) is 0.612. The average molecular weight is 449 g/mol. The summed E-state index contributed by atoms with van der Waals surface area (Å²) in [6.45, 7) is 3.61. The van der Waals surface area contributed by atoms with Crippen LogP contribution in [0.25, 0.3) is 0 Å². The molecular weight excluding hydrogens is 416 g/mol. The number of nitrogens with zero attached hydrogens (tertiary/aromatic N) is 3. The zero-order valence-corrected chi connectivity index (χ0v) is 18.9. The van der Waals surface area contributed by atoms with Crippen LogP contribution in [0.2, 0.25) is 0 Å². The Morgan fingerprint density at radius 1 is 1.03 bits per heavy atom. The van der Waals surface area contributed by atoms with Crippen LogP contribution in [-0.2, 0) is 16.0 Å². The molecule has 0 spiro atoms. The Bertz CT molecular complexity index is 1000. The minimum atomic E-state index is -0.859. The van der Waals surface area contributed by atoms with E-state index < -0.39 is 12.0 Å². The van der Waals surface area contributed by atoms with Crippen LogP contribution >= 0.6 is 0 Å². The van der Waals surface area contributed by atoms with E-state index in [2.05, 4.69) is 17.4 Å². The first-order valence-corrected chi connectivity index (χ1v) is 12.1. The second-order valence-corrected chi connectivity index (χ2v) is 9.51. The predicted molar refractivity (Wildman–Crippen MR) is 126 cm³/mol. The molecule has 1 aromatic carbocycles. The smallest absolute Gasteiger partial charge is 0.325 e. The lowest BCUT2D eigenvalue weighted by atomic mass is 9.91. The molecule has 2 saturated heterocycles. The van der Waals surface area contributed by atoms with E-state index in [1.54, 1.807) is 0 Å². The van der Waals surface area contributed by atoms with Gasteiger partial charge in [0.05, 0.1) is 5.92 Å². The van der Waals surface area contributed by atoms with Gasteiger partial charge in [-0.3, -0.25) is 14.5 Å². The van der Waals surface area contributed by atoms with Crippen molar-refractivity contribution >= 4 is 17.7 Å². The molecule has 4 heterocycles. The number of hydrogen-bond donors (Lipinski definition) is 2. The molecule has 0 saturated carbocycles. The first-order valence-electron chi connectivity index (χ1n) is 12.1. The second kappa shape index (κ2) is 9.51. The van der Waals surface area contributed by atoms with Gasteiger partial charge in [-0.15, -0.1) is 0 Å². The number of aliphatic carboxylic acids is 1. The summed E-state index contributed by atoms with van der Waals surface area (Å²) in [5, 5.41) is 13.2. The van der Waals surface area contributed by atoms with Crippen LogP contribution in [-0.4, -0.2) is 64.5 Å². The van der Waals surface area contributed by atoms with Crippen LogP contribution in [0.3, 0.4) is 0 Å². The second-order valence-electron chi connectivity index (χ2n) is 9.51. The standard InChI is InChI=1S/C26H32N4O3/c31-25(21-12-16-30(17-21)23(26(32)33)19-5-2-1-3-6-19)29-14-10-18(11-15-29)22-9-8-20-7-4-13-27-24(20)28-22/h1-3,5-6,8-9,18,21,23H,4,7,10-17H2,(H,27,28)(H,32,33). The van der Waals surface area contributed by atoms with Gasteiger partial charge in [0.1, 0.15) is 11.9 Å². The number of nitrogens with one attached hydrogen (secondary N) is 1. The van der Waals surface area contributed by atoms with Gasteiger partial charge in [-0.1, -0.05) is 36.4 Å². The van der Waals surface area contributed by atoms with Crippen LogP contribution in [0.5, 0.6) is 0 Å². The molecule has 1 aromatic heterocycles. The summed E-state index contributed by atoms with van der Waals surface area (Å²) in [4.78, 5) is 34.0. The van der Waals surface area contributed by atoms with Crippen LogP contribution in [0.4, 0.5) is 5.82 Å². The van der Waals surface area contributed by atoms with Crippen molar-refractivity contribution in [1.82, 2.24) is 14.8 Å². The number of aryl methyl sites for hydroxylation is 1. The normalized spacial score (nSPS) is 22.4. The number of aromatic nitrogens is 1. The molecule has 0 aliphatic carbocycles. The highest BCUT2D eigenvalue weighted by atomic mass is 16.4. The van der Waals surface area contributed by atoms with Crippen molar-refractivity contribution in [2.75, 3.05) is 38.0 Å². The molecule has 3 aliphatic rings. The summed E-state index contributed by atoms with van der Waals surface area (Å²) in [6, 6.07) is 13.0. The first-order chi connectivity index (χ1) is 16.1. The first kappa shape index (κ1) is 21.9. The quantitative estimate of drug-likeness (QED) is 0.730. The number of piperidine rings is 1. The number of anilines is 1. The molecule has 0 radical (unpaired) electrons. The highest BCUT2D eigenvalue weighted by Gasteiger charge is 2.38. The van der Waals surface area contributed by atoms with Crippen molar-refractivity contribution in [2.45, 2.75) is 44.1 Å². The van der Waals surface area contributed by atoms with Gasteiger partial charge in [0.25, 0.3) is 0 Å². The Morgan fingerprint density at radius 3 is 2.58 bits per heavy atom. The molecular formula is C26H32N4O3. The van der Waals surface area contributed by atoms with Crippen LogP contribution < -0.4 is 5.32 Å². The van der Waals surface area contributed by atoms with E-state index in [1.807, 2.05) is 40.1 Å². The van der Waals surface area contributed by atoms with Gasteiger partial charge >= 0.3 is 5.97 Å². The lowest BCUT2D eigenvalue weighted by Crippen LogP contribution is -2.42. The molecule has 2 fully saturated rings. The number of benzene rings is 1. The Kier molecular flexibility index (Phi) is 6.31. The van der Waals surface area contributed by atoms with Gasteiger partial charge in [0.2, 0.25) is 5.91 Å². The monoisotopic (exact) mass is 448 g/mol. The molecule has 7 heteroatoms. The maximum Gasteiger partial charge on any atom is 0.325 e. The molecule has 5 rings (SSSR count). The van der Waals surface area contributed by atoms with E-state index in [0.29, 0.717) is 25.4 Å². The Balaban J connectivity index is 1.18. The summed E-state index contributed by atoms with van der Waals surface area (Å²) < 4.78 is 0. The molecule has 2 N–H and O–H groups in total. The Morgan fingerprint density at radius 2 is 1.82 bits per heavy atom. The van der Waals surface area contributed by atoms with Crippen LogP contribution in [0.15, 0.2) is 42.5 Å². The Labute approximate surface area is 194 Å². The topological polar surface area (TPSA) is 85.8 Å². The predicted octanol–water partition coefficient (Wildman–Crippen LogP) is 3.29. The molecule has 2 unspecified atom stereocenters. The fraction of sp³-hybridized carbons (Fsp3) is 0.500. The number of pyridine rings is 1. The average Bonchev–Trinajstić information content (AvgIpc) is 3.33. The molecule has 3 aliphatic heterocycles. The zero-order valence-electron chi connectivity index (χ0n) is 18.9. The van der Waals surface area contributed by atoms with Gasteiger partial charge in [0.15, 0.2) is 0 Å². The number of carboxylic acids is 1. The lowest BCUT2D eigenvalue weighted by Gasteiger charge is -2.34. The van der Waals surface area contributed by atoms with E-state index in [4.69, 9.17) is 4.98 Å². The molecule has 174 valence electrons. The van der Waals surface area contributed by atoms with Crippen molar-refractivity contribution in [3.63, 3.8) is 0 Å². The van der Waals surface area contributed by atoms with E-state index in [1.165, 1.54) is 5.56 Å². The third-order valence-electron chi connectivity index (χ3n) is 7.42. The maximum absolute atomic E-state index is 13.2. The molecule has 2 atom stereocenters. The number of likely N-dealkylation sites (tertiary alicyclic amines) is 2. The molecule has 1 amide bonds. The molecule has 33 heavy (non-hydrogen) atoms. The third-order valence-corrected chi connectivity index (χ3v) is 7.42. The third kappa shape index (κ3) is 4.60. The van der Waals surface area contributed by atoms with E-state index >= 15 is 0 Å². The zero-order chi connectivity index (χ0) is 22.8. The highest BCUT2D eigenvalue weighted by molar-refractivity contribution is 5.80. The highest BCUT2D eigenvalue weighted by Crippen LogP contribution is 2.33. The summed E-state index contributed by atoms with van der Waals surface area (Å²) in [7, 11) is 0. The van der Waals surface area contributed by atoms with Crippen molar-refractivity contribution in [3.05, 3.63) is 59.3 Å². The van der Waals surface area contributed by atoms with Crippen molar-refractivity contribution in [3.8, 4) is 0 Å². The minimum Gasteiger partial charge on any atom is -0.480 e. The van der Waals surface area contributed by atoms with Crippen molar-refractivity contribution in [1.29, 1.82) is 0 Å². The van der Waals surface area contributed by atoms with Gasteiger partial charge in [-0.2, -0.15) is 0 Å². The van der Waals surface area contributed by atoms with E-state index in [-0.39, 0.29) is 11.8 Å². The van der Waals surface area contributed by atoms with Gasteiger partial charge in [0, 0.05) is 44.3 Å².